The average molecular weight is 314 g/mol. The molecule has 0 unspecified atom stereocenters. The number of hydrogen-bond donors (Lipinski definition) is 2. The monoisotopic (exact) mass is 314 g/mol. The lowest BCUT2D eigenvalue weighted by Crippen LogP contribution is -2.10. The van der Waals surface area contributed by atoms with E-state index in [1.54, 1.807) is 0 Å². The summed E-state index contributed by atoms with van der Waals surface area (Å²) in [7, 11) is 0. The Labute approximate surface area is 129 Å². The molecule has 1 aliphatic rings. The molecule has 116 valence electrons. The van der Waals surface area contributed by atoms with Gasteiger partial charge in [-0.05, 0) is 25.0 Å². The molecule has 0 spiro atoms. The van der Waals surface area contributed by atoms with E-state index in [9.17, 15) is 13.6 Å². The first-order valence-electron chi connectivity index (χ1n) is 7.18. The Morgan fingerprint density at radius 1 is 1.26 bits per heavy atom. The number of nitrogen functional groups attached to an aromatic ring is 1. The first-order valence-corrected chi connectivity index (χ1v) is 7.18. The van der Waals surface area contributed by atoms with E-state index in [0.29, 0.717) is 11.0 Å². The Bertz CT molecular complexity index is 947. The molecular weight excluding hydrogens is 302 g/mol. The lowest BCUT2D eigenvalue weighted by atomic mass is 10.00. The number of aromatic nitrogens is 3. The van der Waals surface area contributed by atoms with Crippen LogP contribution in [0.4, 0.5) is 14.5 Å². The Kier molecular flexibility index (Phi) is 2.90. The summed E-state index contributed by atoms with van der Waals surface area (Å²) in [6, 6.07) is 2.08. The fraction of sp³-hybridized carbons (Fsp3) is 0.188. The topological polar surface area (TPSA) is 84.7 Å². The van der Waals surface area contributed by atoms with Gasteiger partial charge in [0, 0.05) is 12.1 Å². The summed E-state index contributed by atoms with van der Waals surface area (Å²) in [4.78, 5) is 23.9. The third-order valence-corrected chi connectivity index (χ3v) is 4.06. The maximum Gasteiger partial charge on any atom is 0.201 e. The van der Waals surface area contributed by atoms with Crippen molar-refractivity contribution in [1.29, 1.82) is 0 Å². The number of nitrogens with one attached hydrogen (secondary N) is 1. The van der Waals surface area contributed by atoms with E-state index in [-0.39, 0.29) is 17.2 Å². The third kappa shape index (κ3) is 2.08. The standard InChI is InChI=1S/C16H12F2N4O/c17-9-3-4-10(19)13(18)12(9)15(23)8-5-20-16-11(8)14(7-1-2-7)21-6-22-16/h3-7H,1-2,19H2,(H,20,21,22). The van der Waals surface area contributed by atoms with Gasteiger partial charge in [0.1, 0.15) is 17.8 Å². The molecule has 1 aromatic carbocycles. The second kappa shape index (κ2) is 4.84. The number of fused-ring (bicyclic) bond motifs is 1. The van der Waals surface area contributed by atoms with Crippen LogP contribution in [0.15, 0.2) is 24.7 Å². The SMILES string of the molecule is Nc1ccc(F)c(C(=O)c2c[nH]c3ncnc(C4CC4)c23)c1F. The summed E-state index contributed by atoms with van der Waals surface area (Å²) in [5.74, 6) is -2.50. The quantitative estimate of drug-likeness (QED) is 0.575. The highest BCUT2D eigenvalue weighted by Gasteiger charge is 2.31. The van der Waals surface area contributed by atoms with Gasteiger partial charge in [0.05, 0.1) is 27.9 Å². The van der Waals surface area contributed by atoms with Crippen molar-refractivity contribution in [2.24, 2.45) is 0 Å². The van der Waals surface area contributed by atoms with Crippen molar-refractivity contribution >= 4 is 22.5 Å². The van der Waals surface area contributed by atoms with Crippen LogP contribution < -0.4 is 5.73 Å². The van der Waals surface area contributed by atoms with Crippen LogP contribution in [-0.2, 0) is 0 Å². The Balaban J connectivity index is 1.93. The molecule has 0 aliphatic heterocycles. The summed E-state index contributed by atoms with van der Waals surface area (Å²) >= 11 is 0. The van der Waals surface area contributed by atoms with Crippen LogP contribution >= 0.6 is 0 Å². The van der Waals surface area contributed by atoms with Gasteiger partial charge in [0.25, 0.3) is 0 Å². The fourth-order valence-corrected chi connectivity index (χ4v) is 2.74. The molecule has 0 amide bonds. The van der Waals surface area contributed by atoms with Gasteiger partial charge in [-0.15, -0.1) is 0 Å². The highest BCUT2D eigenvalue weighted by molar-refractivity contribution is 6.17. The number of benzene rings is 1. The second-order valence-corrected chi connectivity index (χ2v) is 5.61. The zero-order valence-electron chi connectivity index (χ0n) is 11.9. The number of nitrogens with two attached hydrogens (primary N) is 1. The van der Waals surface area contributed by atoms with E-state index in [4.69, 9.17) is 5.73 Å². The number of H-pyrrole nitrogens is 1. The molecule has 1 fully saturated rings. The summed E-state index contributed by atoms with van der Waals surface area (Å²) in [5.41, 5.74) is 5.91. The number of ketones is 1. The third-order valence-electron chi connectivity index (χ3n) is 4.06. The van der Waals surface area contributed by atoms with Crippen molar-refractivity contribution in [3.05, 3.63) is 53.1 Å². The predicted octanol–water partition coefficient (Wildman–Crippen LogP) is 2.93. The fourth-order valence-electron chi connectivity index (χ4n) is 2.74. The molecule has 0 bridgehead atoms. The number of aromatic amines is 1. The molecule has 0 saturated heterocycles. The zero-order chi connectivity index (χ0) is 16.1. The van der Waals surface area contributed by atoms with Crippen LogP contribution in [0.25, 0.3) is 11.0 Å². The molecule has 1 saturated carbocycles. The minimum atomic E-state index is -1.05. The molecule has 0 atom stereocenters. The van der Waals surface area contributed by atoms with Gasteiger partial charge in [-0.1, -0.05) is 0 Å². The van der Waals surface area contributed by atoms with Gasteiger partial charge in [0.15, 0.2) is 5.82 Å². The molecule has 7 heteroatoms. The molecule has 2 heterocycles. The van der Waals surface area contributed by atoms with Crippen molar-refractivity contribution < 1.29 is 13.6 Å². The van der Waals surface area contributed by atoms with E-state index < -0.39 is 23.0 Å². The van der Waals surface area contributed by atoms with E-state index >= 15 is 0 Å². The van der Waals surface area contributed by atoms with Crippen LogP contribution in [0.2, 0.25) is 0 Å². The molecule has 2 aromatic heterocycles. The highest BCUT2D eigenvalue weighted by atomic mass is 19.1. The van der Waals surface area contributed by atoms with E-state index in [1.807, 2.05) is 0 Å². The minimum absolute atomic E-state index is 0.158. The molecule has 0 radical (unpaired) electrons. The van der Waals surface area contributed by atoms with Gasteiger partial charge in [-0.25, -0.2) is 18.7 Å². The number of rotatable bonds is 3. The largest absolute Gasteiger partial charge is 0.396 e. The first-order chi connectivity index (χ1) is 11.1. The normalized spacial score (nSPS) is 14.3. The molecule has 3 N–H and O–H groups in total. The van der Waals surface area contributed by atoms with Gasteiger partial charge >= 0.3 is 0 Å². The van der Waals surface area contributed by atoms with Crippen LogP contribution in [0.5, 0.6) is 0 Å². The number of halogens is 2. The van der Waals surface area contributed by atoms with Gasteiger partial charge in [-0.2, -0.15) is 0 Å². The first kappa shape index (κ1) is 13.8. The van der Waals surface area contributed by atoms with E-state index in [2.05, 4.69) is 15.0 Å². The van der Waals surface area contributed by atoms with Gasteiger partial charge in [0.2, 0.25) is 5.78 Å². The smallest absolute Gasteiger partial charge is 0.201 e. The summed E-state index contributed by atoms with van der Waals surface area (Å²) in [5, 5.41) is 0.529. The Morgan fingerprint density at radius 2 is 2.04 bits per heavy atom. The van der Waals surface area contributed by atoms with Crippen LogP contribution in [0.1, 0.15) is 40.4 Å². The van der Waals surface area contributed by atoms with E-state index in [1.165, 1.54) is 12.5 Å². The maximum absolute atomic E-state index is 14.1. The molecule has 23 heavy (non-hydrogen) atoms. The molecular formula is C16H12F2N4O. The van der Waals surface area contributed by atoms with Gasteiger partial charge in [-0.3, -0.25) is 4.79 Å². The van der Waals surface area contributed by atoms with Crippen molar-refractivity contribution in [1.82, 2.24) is 15.0 Å². The number of nitrogens with zero attached hydrogens (tertiary/aromatic N) is 2. The number of hydrogen-bond acceptors (Lipinski definition) is 4. The Hall–Kier alpha value is -2.83. The summed E-state index contributed by atoms with van der Waals surface area (Å²) in [6.45, 7) is 0. The number of anilines is 1. The summed E-state index contributed by atoms with van der Waals surface area (Å²) in [6.07, 6.45) is 4.79. The molecule has 4 rings (SSSR count). The lowest BCUT2D eigenvalue weighted by molar-refractivity contribution is 0.103. The van der Waals surface area contributed by atoms with E-state index in [0.717, 1.165) is 30.7 Å². The Morgan fingerprint density at radius 3 is 2.78 bits per heavy atom. The molecule has 1 aliphatic carbocycles. The molecule has 5 nitrogen and oxygen atoms in total. The lowest BCUT2D eigenvalue weighted by Gasteiger charge is -2.07. The van der Waals surface area contributed by atoms with Crippen LogP contribution in [-0.4, -0.2) is 20.7 Å². The van der Waals surface area contributed by atoms with Crippen molar-refractivity contribution in [2.75, 3.05) is 5.73 Å². The highest BCUT2D eigenvalue weighted by Crippen LogP contribution is 2.42. The second-order valence-electron chi connectivity index (χ2n) is 5.61. The number of carbonyl (C=O) groups excluding carboxylic acids is 1. The van der Waals surface area contributed by atoms with Crippen molar-refractivity contribution in [3.63, 3.8) is 0 Å². The number of carbonyl (C=O) groups is 1. The summed E-state index contributed by atoms with van der Waals surface area (Å²) < 4.78 is 28.1. The minimum Gasteiger partial charge on any atom is -0.396 e. The van der Waals surface area contributed by atoms with Crippen LogP contribution in [0, 0.1) is 11.6 Å². The van der Waals surface area contributed by atoms with Crippen LogP contribution in [0.3, 0.4) is 0 Å². The zero-order valence-corrected chi connectivity index (χ0v) is 11.9. The predicted molar refractivity (Wildman–Crippen MR) is 80.1 cm³/mol. The van der Waals surface area contributed by atoms with Crippen molar-refractivity contribution in [3.8, 4) is 0 Å². The van der Waals surface area contributed by atoms with Crippen molar-refractivity contribution in [2.45, 2.75) is 18.8 Å². The molecule has 3 aromatic rings. The van der Waals surface area contributed by atoms with Gasteiger partial charge < -0.3 is 10.7 Å². The maximum atomic E-state index is 14.1. The average Bonchev–Trinajstić information content (AvgIpc) is 3.29.